The first-order chi connectivity index (χ1) is 10.5. The van der Waals surface area contributed by atoms with Gasteiger partial charge in [0.05, 0.1) is 6.26 Å². The molecule has 0 fully saturated rings. The first-order valence-electron chi connectivity index (χ1n) is 6.07. The second-order valence-corrected chi connectivity index (χ2v) is 4.97. The summed E-state index contributed by atoms with van der Waals surface area (Å²) in [5.41, 5.74) is -0.979. The maximum atomic E-state index is 13.1. The van der Waals surface area contributed by atoms with Crippen LogP contribution in [-0.4, -0.2) is 25.8 Å². The van der Waals surface area contributed by atoms with E-state index in [0.717, 1.165) is 6.07 Å². The Morgan fingerprint density at radius 1 is 1.27 bits per heavy atom. The van der Waals surface area contributed by atoms with Crippen molar-refractivity contribution < 1.29 is 17.6 Å². The molecule has 0 saturated carbocycles. The van der Waals surface area contributed by atoms with E-state index in [1.165, 1.54) is 41.1 Å². The third-order valence-electron chi connectivity index (χ3n) is 2.78. The molecule has 0 spiro atoms. The van der Waals surface area contributed by atoms with Crippen LogP contribution in [0.15, 0.2) is 46.4 Å². The highest BCUT2D eigenvalue weighted by atomic mass is 32.2. The van der Waals surface area contributed by atoms with Gasteiger partial charge >= 0.3 is 6.18 Å². The molecule has 0 unspecified atom stereocenters. The number of nitrogens with zero attached hydrogens (tertiary/aromatic N) is 4. The molecule has 0 atom stereocenters. The fourth-order valence-electron chi connectivity index (χ4n) is 1.83. The zero-order chi connectivity index (χ0) is 15.7. The molecule has 0 saturated heterocycles. The van der Waals surface area contributed by atoms with Gasteiger partial charge in [0.2, 0.25) is 5.95 Å². The zero-order valence-corrected chi connectivity index (χ0v) is 12.0. The number of aromatic nitrogens is 4. The molecule has 9 heteroatoms. The molecule has 3 aromatic rings. The van der Waals surface area contributed by atoms with Gasteiger partial charge in [0.15, 0.2) is 16.6 Å². The highest BCUT2D eigenvalue weighted by Crippen LogP contribution is 2.31. The minimum Gasteiger partial charge on any atom is -0.463 e. The Labute approximate surface area is 127 Å². The van der Waals surface area contributed by atoms with E-state index in [-0.39, 0.29) is 17.4 Å². The molecule has 0 radical (unpaired) electrons. The lowest BCUT2D eigenvalue weighted by molar-refractivity contribution is -0.141. The van der Waals surface area contributed by atoms with Crippen LogP contribution in [-0.2, 0) is 6.18 Å². The van der Waals surface area contributed by atoms with Crippen molar-refractivity contribution in [2.24, 2.45) is 0 Å². The first kappa shape index (κ1) is 14.6. The van der Waals surface area contributed by atoms with Gasteiger partial charge in [0, 0.05) is 12.4 Å². The highest BCUT2D eigenvalue weighted by molar-refractivity contribution is 7.98. The van der Waals surface area contributed by atoms with Gasteiger partial charge in [-0.2, -0.15) is 13.2 Å². The van der Waals surface area contributed by atoms with Crippen molar-refractivity contribution >= 4 is 11.8 Å². The molecule has 0 aliphatic carbocycles. The Bertz CT molecular complexity index is 783. The van der Waals surface area contributed by atoms with E-state index in [1.807, 2.05) is 0 Å². The summed E-state index contributed by atoms with van der Waals surface area (Å²) < 4.78 is 45.7. The summed E-state index contributed by atoms with van der Waals surface area (Å²) in [5, 5.41) is 0.490. The van der Waals surface area contributed by atoms with E-state index in [1.54, 1.807) is 12.3 Å². The van der Waals surface area contributed by atoms with E-state index in [9.17, 15) is 13.2 Å². The number of alkyl halides is 3. The summed E-state index contributed by atoms with van der Waals surface area (Å²) in [6, 6.07) is 3.97. The molecule has 3 heterocycles. The summed E-state index contributed by atoms with van der Waals surface area (Å²) in [7, 11) is 0. The molecule has 5 nitrogen and oxygen atoms in total. The number of halogens is 3. The predicted octanol–water partition coefficient (Wildman–Crippen LogP) is 3.66. The average Bonchev–Trinajstić information content (AvgIpc) is 3.17. The molecule has 3 aromatic heterocycles. The molecule has 114 valence electrons. The van der Waals surface area contributed by atoms with Crippen molar-refractivity contribution in [2.75, 3.05) is 6.26 Å². The van der Waals surface area contributed by atoms with Crippen LogP contribution >= 0.6 is 11.8 Å². The highest BCUT2D eigenvalue weighted by Gasteiger charge is 2.34. The Morgan fingerprint density at radius 3 is 2.73 bits per heavy atom. The Hall–Kier alpha value is -2.29. The normalized spacial score (nSPS) is 11.8. The molecular formula is C13H9F3N4OS. The van der Waals surface area contributed by atoms with Gasteiger partial charge in [-0.15, -0.1) is 0 Å². The number of furan rings is 1. The van der Waals surface area contributed by atoms with E-state index in [0.29, 0.717) is 5.16 Å². The summed E-state index contributed by atoms with van der Waals surface area (Å²) >= 11 is 1.28. The molecule has 0 aliphatic rings. The minimum atomic E-state index is -4.58. The van der Waals surface area contributed by atoms with E-state index >= 15 is 0 Å². The number of thioether (sulfide) groups is 1. The van der Waals surface area contributed by atoms with Crippen LogP contribution in [0.3, 0.4) is 0 Å². The monoisotopic (exact) mass is 326 g/mol. The van der Waals surface area contributed by atoms with Crippen LogP contribution in [0.4, 0.5) is 13.2 Å². The molecule has 0 bridgehead atoms. The lowest BCUT2D eigenvalue weighted by Gasteiger charge is -2.10. The van der Waals surface area contributed by atoms with Crippen molar-refractivity contribution in [1.82, 2.24) is 19.5 Å². The van der Waals surface area contributed by atoms with Crippen molar-refractivity contribution in [3.8, 4) is 17.4 Å². The first-order valence-corrected chi connectivity index (χ1v) is 7.29. The molecule has 0 amide bonds. The van der Waals surface area contributed by atoms with Crippen LogP contribution in [0.1, 0.15) is 5.69 Å². The van der Waals surface area contributed by atoms with Crippen LogP contribution in [0.25, 0.3) is 17.4 Å². The predicted molar refractivity (Wildman–Crippen MR) is 73.6 cm³/mol. The smallest absolute Gasteiger partial charge is 0.433 e. The summed E-state index contributed by atoms with van der Waals surface area (Å²) in [6.45, 7) is 0. The molecule has 0 aromatic carbocycles. The van der Waals surface area contributed by atoms with Crippen LogP contribution < -0.4 is 0 Å². The quantitative estimate of drug-likeness (QED) is 0.688. The standard InChI is InChI=1S/C13H9F3N4OS/c1-22-12-17-4-5-20(12)11-18-8(9-3-2-6-21-9)7-10(19-11)13(14,15)16/h2-7H,1H3. The Balaban J connectivity index is 2.20. The van der Waals surface area contributed by atoms with Gasteiger partial charge in [0.1, 0.15) is 5.69 Å². The second kappa shape index (κ2) is 5.48. The van der Waals surface area contributed by atoms with Crippen LogP contribution in [0.5, 0.6) is 0 Å². The maximum Gasteiger partial charge on any atom is 0.433 e. The maximum absolute atomic E-state index is 13.1. The van der Waals surface area contributed by atoms with E-state index in [2.05, 4.69) is 15.0 Å². The number of hydrogen-bond acceptors (Lipinski definition) is 5. The molecule has 0 N–H and O–H groups in total. The van der Waals surface area contributed by atoms with Crippen molar-refractivity contribution in [1.29, 1.82) is 0 Å². The third-order valence-corrected chi connectivity index (χ3v) is 3.45. The number of hydrogen-bond donors (Lipinski definition) is 0. The minimum absolute atomic E-state index is 0.0584. The summed E-state index contributed by atoms with van der Waals surface area (Å²) in [6.07, 6.45) is 1.53. The third kappa shape index (κ3) is 2.71. The van der Waals surface area contributed by atoms with Gasteiger partial charge in [-0.3, -0.25) is 4.57 Å². The zero-order valence-electron chi connectivity index (χ0n) is 11.2. The average molecular weight is 326 g/mol. The molecular weight excluding hydrogens is 317 g/mol. The van der Waals surface area contributed by atoms with Crippen molar-refractivity contribution in [3.63, 3.8) is 0 Å². The van der Waals surface area contributed by atoms with Crippen LogP contribution in [0, 0.1) is 0 Å². The summed E-state index contributed by atoms with van der Waals surface area (Å²) in [4.78, 5) is 11.8. The second-order valence-electron chi connectivity index (χ2n) is 4.20. The lowest BCUT2D eigenvalue weighted by atomic mass is 10.2. The molecule has 0 aliphatic heterocycles. The van der Waals surface area contributed by atoms with Gasteiger partial charge in [0.25, 0.3) is 0 Å². The Kier molecular flexibility index (Phi) is 3.65. The SMILES string of the molecule is CSc1nccn1-c1nc(-c2ccco2)cc(C(F)(F)F)n1. The van der Waals surface area contributed by atoms with E-state index < -0.39 is 11.9 Å². The molecule has 3 rings (SSSR count). The van der Waals surface area contributed by atoms with Crippen molar-refractivity contribution in [2.45, 2.75) is 11.3 Å². The van der Waals surface area contributed by atoms with Crippen molar-refractivity contribution in [3.05, 3.63) is 42.5 Å². The van der Waals surface area contributed by atoms with Gasteiger partial charge in [-0.25, -0.2) is 15.0 Å². The Morgan fingerprint density at radius 2 is 2.09 bits per heavy atom. The fourth-order valence-corrected chi connectivity index (χ4v) is 2.34. The van der Waals surface area contributed by atoms with Gasteiger partial charge < -0.3 is 4.42 Å². The lowest BCUT2D eigenvalue weighted by Crippen LogP contribution is -2.13. The number of rotatable bonds is 3. The van der Waals surface area contributed by atoms with Crippen LogP contribution in [0.2, 0.25) is 0 Å². The van der Waals surface area contributed by atoms with Gasteiger partial charge in [-0.05, 0) is 24.5 Å². The topological polar surface area (TPSA) is 56.7 Å². The largest absolute Gasteiger partial charge is 0.463 e. The molecule has 22 heavy (non-hydrogen) atoms. The summed E-state index contributed by atoms with van der Waals surface area (Å²) in [5.74, 6) is 0.128. The van der Waals surface area contributed by atoms with E-state index in [4.69, 9.17) is 4.42 Å². The number of imidazole rings is 1. The van der Waals surface area contributed by atoms with Gasteiger partial charge in [-0.1, -0.05) is 11.8 Å². The fraction of sp³-hybridized carbons (Fsp3) is 0.154.